The minimum Gasteiger partial charge on any atom is -0.496 e. The molecule has 0 unspecified atom stereocenters. The fourth-order valence-electron chi connectivity index (χ4n) is 3.82. The molecule has 1 aliphatic heterocycles. The fourth-order valence-corrected chi connectivity index (χ4v) is 3.82. The van der Waals surface area contributed by atoms with Gasteiger partial charge >= 0.3 is 0 Å². The third-order valence-electron chi connectivity index (χ3n) is 4.73. The van der Waals surface area contributed by atoms with Crippen molar-refractivity contribution >= 4 is 0 Å². The number of hydrogen-bond acceptors (Lipinski definition) is 3. The van der Waals surface area contributed by atoms with Gasteiger partial charge in [-0.2, -0.15) is 0 Å². The lowest BCUT2D eigenvalue weighted by Crippen LogP contribution is -2.23. The lowest BCUT2D eigenvalue weighted by atomic mass is 9.76. The number of methoxy groups -OCH3 is 1. The van der Waals surface area contributed by atoms with Crippen LogP contribution in [0.1, 0.15) is 29.9 Å². The van der Waals surface area contributed by atoms with Gasteiger partial charge in [-0.25, -0.2) is 0 Å². The number of ether oxygens (including phenoxy) is 1. The molecule has 0 radical (unpaired) electrons. The molecule has 0 spiro atoms. The Morgan fingerprint density at radius 3 is 3.05 bits per heavy atom. The molecule has 2 aliphatic rings. The molecule has 0 bridgehead atoms. The summed E-state index contributed by atoms with van der Waals surface area (Å²) in [5.74, 6) is 2.56. The molecule has 3 rings (SSSR count). The second-order valence-corrected chi connectivity index (χ2v) is 5.84. The average molecular weight is 260 g/mol. The molecular formula is C16H24N2O. The van der Waals surface area contributed by atoms with Gasteiger partial charge in [0.05, 0.1) is 7.11 Å². The predicted molar refractivity (Wildman–Crippen MR) is 77.7 cm³/mol. The molecule has 19 heavy (non-hydrogen) atoms. The molecule has 0 amide bonds. The van der Waals surface area contributed by atoms with Crippen molar-refractivity contribution in [1.29, 1.82) is 0 Å². The highest BCUT2D eigenvalue weighted by atomic mass is 16.5. The molecule has 3 nitrogen and oxygen atoms in total. The molecule has 2 atom stereocenters. The average Bonchev–Trinajstić information content (AvgIpc) is 2.87. The molecular weight excluding hydrogens is 236 g/mol. The molecule has 0 aromatic heterocycles. The standard InChI is InChI=1S/C16H24N2O/c1-19-15-5-2-4-12-6-7-13-10-18(9-3-8-17)11-14(13)16(12)15/h2,4-5,13-14H,3,6-11,17H2,1H3/t13-,14-/m1/s1. The highest BCUT2D eigenvalue weighted by molar-refractivity contribution is 5.45. The summed E-state index contributed by atoms with van der Waals surface area (Å²) in [7, 11) is 1.79. The van der Waals surface area contributed by atoms with E-state index in [0.717, 1.165) is 31.2 Å². The Balaban J connectivity index is 1.84. The SMILES string of the molecule is COc1cccc2c1[C@@H]1CN(CCCN)C[C@H]1CC2. The summed E-state index contributed by atoms with van der Waals surface area (Å²) in [6.07, 6.45) is 3.64. The first-order valence-electron chi connectivity index (χ1n) is 7.41. The zero-order valence-electron chi connectivity index (χ0n) is 11.8. The van der Waals surface area contributed by atoms with Gasteiger partial charge in [0.2, 0.25) is 0 Å². The Morgan fingerprint density at radius 1 is 1.37 bits per heavy atom. The minimum atomic E-state index is 0.665. The zero-order chi connectivity index (χ0) is 13.2. The molecule has 1 fully saturated rings. The summed E-state index contributed by atoms with van der Waals surface area (Å²) < 4.78 is 5.60. The maximum atomic E-state index is 5.63. The third kappa shape index (κ3) is 2.37. The molecule has 1 aromatic carbocycles. The summed E-state index contributed by atoms with van der Waals surface area (Å²) in [5, 5.41) is 0. The van der Waals surface area contributed by atoms with Crippen LogP contribution in [0, 0.1) is 5.92 Å². The van der Waals surface area contributed by atoms with Crippen LogP contribution in [-0.4, -0.2) is 38.2 Å². The van der Waals surface area contributed by atoms with Crippen molar-refractivity contribution in [2.45, 2.75) is 25.2 Å². The van der Waals surface area contributed by atoms with Crippen molar-refractivity contribution in [3.05, 3.63) is 29.3 Å². The van der Waals surface area contributed by atoms with Crippen LogP contribution in [0.2, 0.25) is 0 Å². The number of likely N-dealkylation sites (tertiary alicyclic amines) is 1. The molecule has 1 heterocycles. The summed E-state index contributed by atoms with van der Waals surface area (Å²) in [6, 6.07) is 6.51. The van der Waals surface area contributed by atoms with E-state index >= 15 is 0 Å². The highest BCUT2D eigenvalue weighted by Gasteiger charge is 2.38. The predicted octanol–water partition coefficient (Wildman–Crippen LogP) is 2.01. The van der Waals surface area contributed by atoms with Gasteiger partial charge in [-0.05, 0) is 49.9 Å². The van der Waals surface area contributed by atoms with Gasteiger partial charge in [-0.3, -0.25) is 0 Å². The Morgan fingerprint density at radius 2 is 2.26 bits per heavy atom. The lowest BCUT2D eigenvalue weighted by Gasteiger charge is -2.28. The molecule has 1 aliphatic carbocycles. The van der Waals surface area contributed by atoms with Crippen LogP contribution in [0.4, 0.5) is 0 Å². The third-order valence-corrected chi connectivity index (χ3v) is 4.73. The summed E-state index contributed by atoms with van der Waals surface area (Å²) >= 11 is 0. The molecule has 0 saturated carbocycles. The molecule has 2 N–H and O–H groups in total. The number of benzene rings is 1. The van der Waals surface area contributed by atoms with Crippen molar-refractivity contribution in [3.63, 3.8) is 0 Å². The summed E-state index contributed by atoms with van der Waals surface area (Å²) in [5.41, 5.74) is 8.61. The van der Waals surface area contributed by atoms with Crippen LogP contribution in [0.3, 0.4) is 0 Å². The second kappa shape index (κ2) is 5.51. The van der Waals surface area contributed by atoms with E-state index in [1.807, 2.05) is 0 Å². The quantitative estimate of drug-likeness (QED) is 0.900. The minimum absolute atomic E-state index is 0.665. The topological polar surface area (TPSA) is 38.5 Å². The second-order valence-electron chi connectivity index (χ2n) is 5.84. The Kier molecular flexibility index (Phi) is 3.76. The van der Waals surface area contributed by atoms with E-state index < -0.39 is 0 Å². The molecule has 1 aromatic rings. The molecule has 104 valence electrons. The smallest absolute Gasteiger partial charge is 0.122 e. The molecule has 1 saturated heterocycles. The number of hydrogen-bond donors (Lipinski definition) is 1. The maximum absolute atomic E-state index is 5.63. The monoisotopic (exact) mass is 260 g/mol. The Hall–Kier alpha value is -1.06. The fraction of sp³-hybridized carbons (Fsp3) is 0.625. The van der Waals surface area contributed by atoms with Crippen molar-refractivity contribution in [1.82, 2.24) is 4.90 Å². The number of nitrogens with two attached hydrogens (primary N) is 1. The number of rotatable bonds is 4. The Bertz CT molecular complexity index is 432. The van der Waals surface area contributed by atoms with E-state index in [2.05, 4.69) is 23.1 Å². The van der Waals surface area contributed by atoms with Crippen LogP contribution in [0.25, 0.3) is 0 Å². The van der Waals surface area contributed by atoms with Gasteiger partial charge in [-0.1, -0.05) is 12.1 Å². The van der Waals surface area contributed by atoms with Gasteiger partial charge in [0.25, 0.3) is 0 Å². The van der Waals surface area contributed by atoms with Crippen LogP contribution in [0.15, 0.2) is 18.2 Å². The van der Waals surface area contributed by atoms with Gasteiger partial charge in [0.15, 0.2) is 0 Å². The van der Waals surface area contributed by atoms with Crippen molar-refractivity contribution < 1.29 is 4.74 Å². The number of nitrogens with zero attached hydrogens (tertiary/aromatic N) is 1. The first-order valence-corrected chi connectivity index (χ1v) is 7.41. The van der Waals surface area contributed by atoms with E-state index in [4.69, 9.17) is 10.5 Å². The van der Waals surface area contributed by atoms with E-state index in [1.54, 1.807) is 7.11 Å². The van der Waals surface area contributed by atoms with Crippen molar-refractivity contribution in [2.75, 3.05) is 33.3 Å². The van der Waals surface area contributed by atoms with Crippen molar-refractivity contribution in [3.8, 4) is 5.75 Å². The van der Waals surface area contributed by atoms with E-state index in [9.17, 15) is 0 Å². The van der Waals surface area contributed by atoms with Gasteiger partial charge < -0.3 is 15.4 Å². The van der Waals surface area contributed by atoms with Crippen molar-refractivity contribution in [2.24, 2.45) is 11.7 Å². The number of aryl methyl sites for hydroxylation is 1. The number of fused-ring (bicyclic) bond motifs is 3. The normalized spacial score (nSPS) is 26.0. The van der Waals surface area contributed by atoms with Crippen LogP contribution in [-0.2, 0) is 6.42 Å². The first kappa shape index (κ1) is 12.9. The Labute approximate surface area is 115 Å². The van der Waals surface area contributed by atoms with Crippen LogP contribution < -0.4 is 10.5 Å². The van der Waals surface area contributed by atoms with Gasteiger partial charge in [0, 0.05) is 24.6 Å². The van der Waals surface area contributed by atoms with Crippen LogP contribution >= 0.6 is 0 Å². The van der Waals surface area contributed by atoms with E-state index in [0.29, 0.717) is 5.92 Å². The maximum Gasteiger partial charge on any atom is 0.122 e. The largest absolute Gasteiger partial charge is 0.496 e. The molecule has 3 heteroatoms. The van der Waals surface area contributed by atoms with Gasteiger partial charge in [-0.15, -0.1) is 0 Å². The highest BCUT2D eigenvalue weighted by Crippen LogP contribution is 2.45. The zero-order valence-corrected chi connectivity index (χ0v) is 11.8. The van der Waals surface area contributed by atoms with E-state index in [1.165, 1.54) is 37.1 Å². The summed E-state index contributed by atoms with van der Waals surface area (Å²) in [4.78, 5) is 2.59. The summed E-state index contributed by atoms with van der Waals surface area (Å²) in [6.45, 7) is 4.36. The lowest BCUT2D eigenvalue weighted by molar-refractivity contribution is 0.318. The van der Waals surface area contributed by atoms with Crippen LogP contribution in [0.5, 0.6) is 5.75 Å². The van der Waals surface area contributed by atoms with Gasteiger partial charge in [0.1, 0.15) is 5.75 Å². The van der Waals surface area contributed by atoms with E-state index in [-0.39, 0.29) is 0 Å². The first-order chi connectivity index (χ1) is 9.33.